The summed E-state index contributed by atoms with van der Waals surface area (Å²) in [7, 11) is 4.14. The zero-order chi connectivity index (χ0) is 22.7. The number of aromatic hydroxyl groups is 2. The maximum Gasteiger partial charge on any atom is 0.239 e. The molecule has 2 N–H and O–H groups in total. The molecule has 31 heavy (non-hydrogen) atoms. The molecule has 164 valence electrons. The van der Waals surface area contributed by atoms with Crippen molar-refractivity contribution in [3.63, 3.8) is 0 Å². The normalized spacial score (nSPS) is 10.6. The second-order valence-electron chi connectivity index (χ2n) is 6.90. The highest BCUT2D eigenvalue weighted by Gasteiger charge is 2.24. The van der Waals surface area contributed by atoms with Crippen molar-refractivity contribution in [2.75, 3.05) is 27.9 Å². The van der Waals surface area contributed by atoms with Crippen LogP contribution in [-0.2, 0) is 0 Å². The lowest BCUT2D eigenvalue weighted by Gasteiger charge is -2.14. The van der Waals surface area contributed by atoms with E-state index in [0.29, 0.717) is 23.7 Å². The highest BCUT2D eigenvalue weighted by Crippen LogP contribution is 2.43. The van der Waals surface area contributed by atoms with Crippen molar-refractivity contribution < 1.29 is 33.6 Å². The number of methoxy groups -OCH3 is 3. The minimum absolute atomic E-state index is 0.0810. The largest absolute Gasteiger partial charge is 0.507 e. The molecule has 0 unspecified atom stereocenters. The summed E-state index contributed by atoms with van der Waals surface area (Å²) in [6.07, 6.45) is 1.93. The van der Waals surface area contributed by atoms with E-state index in [1.807, 2.05) is 19.9 Å². The molecule has 8 heteroatoms. The van der Waals surface area contributed by atoms with E-state index in [4.69, 9.17) is 23.4 Å². The zero-order valence-corrected chi connectivity index (χ0v) is 17.9. The first-order chi connectivity index (χ1) is 14.8. The second-order valence-corrected chi connectivity index (χ2v) is 6.90. The van der Waals surface area contributed by atoms with Gasteiger partial charge in [0.2, 0.25) is 16.9 Å². The minimum atomic E-state index is -0.614. The van der Waals surface area contributed by atoms with Crippen molar-refractivity contribution in [1.82, 2.24) is 0 Å². The molecule has 0 aliphatic rings. The number of hydrogen-bond donors (Lipinski definition) is 2. The molecule has 3 rings (SSSR count). The molecule has 0 spiro atoms. The van der Waals surface area contributed by atoms with Crippen molar-refractivity contribution in [3.05, 3.63) is 46.1 Å². The van der Waals surface area contributed by atoms with Gasteiger partial charge in [-0.3, -0.25) is 4.79 Å². The van der Waals surface area contributed by atoms with Crippen LogP contribution < -0.4 is 24.4 Å². The Balaban J connectivity index is 2.22. The Bertz CT molecular complexity index is 1200. The summed E-state index contributed by atoms with van der Waals surface area (Å²) in [4.78, 5) is 13.0. The predicted molar refractivity (Wildman–Crippen MR) is 116 cm³/mol. The number of ether oxygens (including phenoxy) is 4. The molecule has 0 aliphatic carbocycles. The molecule has 0 radical (unpaired) electrons. The van der Waals surface area contributed by atoms with Gasteiger partial charge in [0.1, 0.15) is 17.7 Å². The van der Waals surface area contributed by atoms with E-state index < -0.39 is 11.2 Å². The molecule has 0 bridgehead atoms. The molecule has 0 fully saturated rings. The molecule has 8 nitrogen and oxygen atoms in total. The number of allylic oxidation sites excluding steroid dienone is 1. The summed E-state index contributed by atoms with van der Waals surface area (Å²) in [6.45, 7) is 4.32. The number of fused-ring (bicyclic) bond motifs is 1. The Hall–Kier alpha value is -3.81. The Morgan fingerprint density at radius 3 is 2.29 bits per heavy atom. The topological polar surface area (TPSA) is 108 Å². The monoisotopic (exact) mass is 428 g/mol. The Morgan fingerprint density at radius 2 is 1.68 bits per heavy atom. The Labute approximate surface area is 178 Å². The quantitative estimate of drug-likeness (QED) is 0.538. The summed E-state index contributed by atoms with van der Waals surface area (Å²) in [5.74, 6) is 0.00413. The van der Waals surface area contributed by atoms with Gasteiger partial charge in [0.25, 0.3) is 0 Å². The van der Waals surface area contributed by atoms with Crippen molar-refractivity contribution in [2.45, 2.75) is 13.8 Å². The van der Waals surface area contributed by atoms with E-state index in [1.165, 1.54) is 21.3 Å². The third kappa shape index (κ3) is 4.09. The molecule has 0 saturated heterocycles. The molecule has 0 saturated carbocycles. The van der Waals surface area contributed by atoms with E-state index in [1.54, 1.807) is 18.2 Å². The standard InChI is InChI=1S/C23H24O8/c1-12(2)8-9-30-16-7-6-13(10-17(16)27-3)20-23(29-5)19(26)18-14(24)11-15(25)21(28-4)22(18)31-20/h6-8,10-11,24-25H,9H2,1-5H3. The van der Waals surface area contributed by atoms with Crippen LogP contribution in [0.1, 0.15) is 13.8 Å². The van der Waals surface area contributed by atoms with Crippen LogP contribution in [0.5, 0.6) is 34.5 Å². The fourth-order valence-electron chi connectivity index (χ4n) is 3.09. The first-order valence-electron chi connectivity index (χ1n) is 9.40. The van der Waals surface area contributed by atoms with Crippen LogP contribution in [-0.4, -0.2) is 38.1 Å². The lowest BCUT2D eigenvalue weighted by Crippen LogP contribution is -2.08. The first-order valence-corrected chi connectivity index (χ1v) is 9.40. The van der Waals surface area contributed by atoms with Crippen LogP contribution in [0.3, 0.4) is 0 Å². The Kier molecular flexibility index (Phi) is 6.29. The van der Waals surface area contributed by atoms with Gasteiger partial charge in [-0.1, -0.05) is 5.57 Å². The third-order valence-corrected chi connectivity index (χ3v) is 4.60. The van der Waals surface area contributed by atoms with Gasteiger partial charge in [-0.15, -0.1) is 0 Å². The van der Waals surface area contributed by atoms with E-state index in [9.17, 15) is 15.0 Å². The fourth-order valence-corrected chi connectivity index (χ4v) is 3.09. The van der Waals surface area contributed by atoms with E-state index in [0.717, 1.165) is 11.6 Å². The molecule has 1 heterocycles. The van der Waals surface area contributed by atoms with E-state index in [-0.39, 0.29) is 34.0 Å². The number of phenols is 2. The zero-order valence-electron chi connectivity index (χ0n) is 17.9. The molecular weight excluding hydrogens is 404 g/mol. The molecule has 1 aromatic heterocycles. The van der Waals surface area contributed by atoms with Crippen molar-refractivity contribution in [3.8, 4) is 45.8 Å². The highest BCUT2D eigenvalue weighted by atomic mass is 16.5. The number of phenolic OH excluding ortho intramolecular Hbond substituents is 2. The van der Waals surface area contributed by atoms with Crippen LogP contribution >= 0.6 is 0 Å². The van der Waals surface area contributed by atoms with Gasteiger partial charge >= 0.3 is 0 Å². The number of benzene rings is 2. The molecule has 0 aliphatic heterocycles. The summed E-state index contributed by atoms with van der Waals surface area (Å²) >= 11 is 0. The van der Waals surface area contributed by atoms with Crippen LogP contribution in [0.4, 0.5) is 0 Å². The molecule has 0 atom stereocenters. The van der Waals surface area contributed by atoms with Gasteiger partial charge in [0.15, 0.2) is 28.6 Å². The van der Waals surface area contributed by atoms with Crippen molar-refractivity contribution >= 4 is 11.0 Å². The van der Waals surface area contributed by atoms with Gasteiger partial charge in [-0.2, -0.15) is 0 Å². The average Bonchev–Trinajstić information content (AvgIpc) is 2.73. The number of hydrogen-bond acceptors (Lipinski definition) is 8. The summed E-state index contributed by atoms with van der Waals surface area (Å²) in [5.41, 5.74) is 0.868. The molecule has 3 aromatic rings. The van der Waals surface area contributed by atoms with Gasteiger partial charge in [0.05, 0.1) is 21.3 Å². The van der Waals surface area contributed by atoms with Crippen molar-refractivity contribution in [1.29, 1.82) is 0 Å². The van der Waals surface area contributed by atoms with Gasteiger partial charge < -0.3 is 33.6 Å². The van der Waals surface area contributed by atoms with Crippen LogP contribution in [0.2, 0.25) is 0 Å². The molecule has 2 aromatic carbocycles. The van der Waals surface area contributed by atoms with E-state index >= 15 is 0 Å². The first kappa shape index (κ1) is 21.9. The summed E-state index contributed by atoms with van der Waals surface area (Å²) in [6, 6.07) is 6.02. The second kappa shape index (κ2) is 8.91. The van der Waals surface area contributed by atoms with Crippen LogP contribution in [0.25, 0.3) is 22.3 Å². The van der Waals surface area contributed by atoms with Crippen LogP contribution in [0, 0.1) is 0 Å². The lowest BCUT2D eigenvalue weighted by molar-refractivity contribution is 0.325. The van der Waals surface area contributed by atoms with Gasteiger partial charge in [-0.25, -0.2) is 0 Å². The van der Waals surface area contributed by atoms with Crippen molar-refractivity contribution in [2.24, 2.45) is 0 Å². The van der Waals surface area contributed by atoms with Crippen LogP contribution in [0.15, 0.2) is 45.1 Å². The SMILES string of the molecule is COc1cc(-c2oc3c(OC)c(O)cc(O)c3c(=O)c2OC)ccc1OCC=C(C)C. The third-order valence-electron chi connectivity index (χ3n) is 4.60. The predicted octanol–water partition coefficient (Wildman–Crippen LogP) is 4.24. The maximum atomic E-state index is 13.0. The highest BCUT2D eigenvalue weighted by molar-refractivity contribution is 5.93. The van der Waals surface area contributed by atoms with Gasteiger partial charge in [0, 0.05) is 11.6 Å². The van der Waals surface area contributed by atoms with E-state index in [2.05, 4.69) is 0 Å². The molecule has 0 amide bonds. The fraction of sp³-hybridized carbons (Fsp3) is 0.261. The number of rotatable bonds is 7. The smallest absolute Gasteiger partial charge is 0.239 e. The average molecular weight is 428 g/mol. The van der Waals surface area contributed by atoms with Gasteiger partial charge in [-0.05, 0) is 38.1 Å². The maximum absolute atomic E-state index is 13.0. The lowest BCUT2D eigenvalue weighted by atomic mass is 10.1. The summed E-state index contributed by atoms with van der Waals surface area (Å²) < 4.78 is 27.5. The summed E-state index contributed by atoms with van der Waals surface area (Å²) in [5, 5.41) is 20.1. The minimum Gasteiger partial charge on any atom is -0.507 e. The molecular formula is C23H24O8. The Morgan fingerprint density at radius 1 is 0.968 bits per heavy atom.